The summed E-state index contributed by atoms with van der Waals surface area (Å²) in [5.41, 5.74) is 10.9. The molecule has 3 amide bonds. The SMILES string of the molecule is CCCCCCC(CCCCCC)N=C(N)c1cc(C(=O)O)c2c3ccc4c5c(ccc(c6ccc(C(=O)NCc7ccc(C8C(C#N)CON8c8ccccc8)cc7)c1c62)c53)C(=O)NC4=O. The Morgan fingerprint density at radius 2 is 1.42 bits per heavy atom. The number of imide groups is 1. The van der Waals surface area contributed by atoms with Crippen LogP contribution in [-0.4, -0.2) is 47.3 Å². The number of nitrogens with zero attached hydrogens (tertiary/aromatic N) is 3. The van der Waals surface area contributed by atoms with Gasteiger partial charge in [0.1, 0.15) is 5.84 Å². The number of benzene rings is 7. The number of nitrogens with one attached hydrogen (secondary N) is 2. The molecule has 2 unspecified atom stereocenters. The second-order valence-electron chi connectivity index (χ2n) is 17.8. The highest BCUT2D eigenvalue weighted by atomic mass is 16.7. The molecule has 0 radical (unpaired) electrons. The van der Waals surface area contributed by atoms with Gasteiger partial charge in [0.25, 0.3) is 17.7 Å². The molecule has 2 aliphatic rings. The Hall–Kier alpha value is -7.36. The molecule has 2 aliphatic heterocycles. The molecule has 0 bridgehead atoms. The predicted octanol–water partition coefficient (Wildman–Crippen LogP) is 10.9. The number of anilines is 1. The normalized spacial score (nSPS) is 16.1. The number of aromatic carboxylic acids is 1. The first kappa shape index (κ1) is 44.8. The number of amidine groups is 1. The van der Waals surface area contributed by atoms with Gasteiger partial charge in [-0.25, -0.2) is 9.86 Å². The summed E-state index contributed by atoms with van der Waals surface area (Å²) in [4.78, 5) is 65.7. The van der Waals surface area contributed by atoms with Gasteiger partial charge in [-0.05, 0) is 87.3 Å². The number of hydrogen-bond donors (Lipinski definition) is 4. The maximum atomic E-state index is 14.7. The number of carboxylic acids is 1. The van der Waals surface area contributed by atoms with Crippen molar-refractivity contribution in [1.29, 1.82) is 5.26 Å². The molecule has 0 aromatic heterocycles. The molecule has 0 aliphatic carbocycles. The van der Waals surface area contributed by atoms with Crippen LogP contribution in [0.3, 0.4) is 0 Å². The second-order valence-corrected chi connectivity index (χ2v) is 17.8. The summed E-state index contributed by atoms with van der Waals surface area (Å²) in [5, 5.41) is 32.7. The number of unbranched alkanes of at least 4 members (excludes halogenated alkanes) is 6. The molecular weight excluding hydrogens is 841 g/mol. The van der Waals surface area contributed by atoms with Crippen molar-refractivity contribution in [3.63, 3.8) is 0 Å². The third kappa shape index (κ3) is 8.40. The van der Waals surface area contributed by atoms with Crippen LogP contribution in [-0.2, 0) is 11.4 Å². The van der Waals surface area contributed by atoms with E-state index in [0.717, 1.165) is 81.0 Å². The van der Waals surface area contributed by atoms with Gasteiger partial charge in [0.05, 0.1) is 41.9 Å². The minimum absolute atomic E-state index is 0.0305. The number of para-hydroxylation sites is 1. The van der Waals surface area contributed by atoms with E-state index < -0.39 is 23.7 Å². The van der Waals surface area contributed by atoms with Crippen LogP contribution >= 0.6 is 0 Å². The number of rotatable bonds is 18. The zero-order valence-corrected chi connectivity index (χ0v) is 37.9. The Labute approximate surface area is 389 Å². The molecule has 0 spiro atoms. The standard InChI is InChI=1S/C55H54N6O6/c1-3-5-7-10-14-35(15-11-8-6-4-2)59-51(57)43-28-44(55(65)66)46-39-24-27-42-47-41(53(63)60-54(42)64)26-22-37(45(39)47)38-23-25-40(48(43)49(38)46)52(62)58-30-32-18-20-33(21-19-32)50-34(29-56)31-67-61(50)36-16-12-9-13-17-36/h9,12-13,16-28,34-35,50H,3-8,10-11,14-15,30-31H2,1-2H3,(H2,57,59)(H,58,62)(H,65,66)(H,60,63,64). The van der Waals surface area contributed by atoms with Crippen LogP contribution in [0.4, 0.5) is 5.69 Å². The van der Waals surface area contributed by atoms with Crippen molar-refractivity contribution in [1.82, 2.24) is 10.6 Å². The molecule has 12 heteroatoms. The van der Waals surface area contributed by atoms with Crippen LogP contribution < -0.4 is 21.4 Å². The predicted molar refractivity (Wildman–Crippen MR) is 263 cm³/mol. The molecular formula is C55H54N6O6. The molecule has 1 fully saturated rings. The fraction of sp³-hybridized carbons (Fsp3) is 0.309. The summed E-state index contributed by atoms with van der Waals surface area (Å²) in [6, 6.07) is 31.4. The fourth-order valence-corrected chi connectivity index (χ4v) is 10.2. The minimum atomic E-state index is -1.19. The van der Waals surface area contributed by atoms with Gasteiger partial charge >= 0.3 is 5.97 Å². The lowest BCUT2D eigenvalue weighted by Crippen LogP contribution is -2.34. The number of nitrogens with two attached hydrogens (primary N) is 1. The number of hydrogen-bond acceptors (Lipinski definition) is 8. The average molecular weight is 895 g/mol. The molecule has 0 saturated carbocycles. The summed E-state index contributed by atoms with van der Waals surface area (Å²) in [6.07, 6.45) is 10.3. The van der Waals surface area contributed by atoms with Gasteiger partial charge in [-0.1, -0.05) is 126 Å². The molecule has 9 rings (SSSR count). The lowest BCUT2D eigenvalue weighted by Gasteiger charge is -2.26. The van der Waals surface area contributed by atoms with Gasteiger partial charge in [0.2, 0.25) is 0 Å². The summed E-state index contributed by atoms with van der Waals surface area (Å²) >= 11 is 0. The van der Waals surface area contributed by atoms with E-state index in [9.17, 15) is 29.5 Å². The van der Waals surface area contributed by atoms with E-state index in [2.05, 4.69) is 30.6 Å². The van der Waals surface area contributed by atoms with Crippen molar-refractivity contribution < 1.29 is 29.1 Å². The third-order valence-electron chi connectivity index (χ3n) is 13.6. The molecule has 12 nitrogen and oxygen atoms in total. The van der Waals surface area contributed by atoms with Crippen molar-refractivity contribution >= 4 is 78.3 Å². The number of carbonyl (C=O) groups is 4. The van der Waals surface area contributed by atoms with E-state index in [-0.39, 0.29) is 42.6 Å². The first-order valence-electron chi connectivity index (χ1n) is 23.5. The Morgan fingerprint density at radius 1 is 0.776 bits per heavy atom. The molecule has 5 N–H and O–H groups in total. The summed E-state index contributed by atoms with van der Waals surface area (Å²) in [5.74, 6) is -2.85. The van der Waals surface area contributed by atoms with E-state index in [1.165, 1.54) is 0 Å². The second kappa shape index (κ2) is 19.2. The zero-order chi connectivity index (χ0) is 46.8. The van der Waals surface area contributed by atoms with E-state index in [1.807, 2.05) is 66.7 Å². The summed E-state index contributed by atoms with van der Waals surface area (Å²) < 4.78 is 0. The lowest BCUT2D eigenvalue weighted by molar-refractivity contribution is 0.0697. The maximum Gasteiger partial charge on any atom is 0.336 e. The quantitative estimate of drug-likeness (QED) is 0.0162. The van der Waals surface area contributed by atoms with E-state index in [1.54, 1.807) is 35.4 Å². The minimum Gasteiger partial charge on any atom is -0.478 e. The number of aliphatic imine (C=N–C) groups is 1. The van der Waals surface area contributed by atoms with Crippen molar-refractivity contribution in [3.05, 3.63) is 136 Å². The first-order chi connectivity index (χ1) is 32.6. The van der Waals surface area contributed by atoms with Crippen LogP contribution in [0, 0.1) is 17.2 Å². The number of fused-ring (bicyclic) bond motifs is 2. The fourth-order valence-electron chi connectivity index (χ4n) is 10.2. The van der Waals surface area contributed by atoms with Crippen molar-refractivity contribution in [2.45, 2.75) is 96.7 Å². The lowest BCUT2D eigenvalue weighted by atomic mass is 9.81. The van der Waals surface area contributed by atoms with Crippen LogP contribution in [0.5, 0.6) is 0 Å². The van der Waals surface area contributed by atoms with Crippen molar-refractivity contribution in [2.75, 3.05) is 11.7 Å². The topological polar surface area (TPSA) is 187 Å². The number of carbonyl (C=O) groups excluding carboxylic acids is 3. The molecule has 2 atom stereocenters. The van der Waals surface area contributed by atoms with Crippen LogP contribution in [0.2, 0.25) is 0 Å². The molecule has 1 saturated heterocycles. The highest BCUT2D eigenvalue weighted by molar-refractivity contribution is 6.42. The van der Waals surface area contributed by atoms with Crippen LogP contribution in [0.25, 0.3) is 43.1 Å². The van der Waals surface area contributed by atoms with E-state index in [4.69, 9.17) is 15.6 Å². The highest BCUT2D eigenvalue weighted by Gasteiger charge is 2.37. The van der Waals surface area contributed by atoms with Crippen molar-refractivity contribution in [2.24, 2.45) is 16.6 Å². The summed E-state index contributed by atoms with van der Waals surface area (Å²) in [6.45, 7) is 4.80. The van der Waals surface area contributed by atoms with Crippen molar-refractivity contribution in [3.8, 4) is 6.07 Å². The number of nitriles is 1. The average Bonchev–Trinajstić information content (AvgIpc) is 3.78. The Bertz CT molecular complexity index is 3090. The molecule has 7 aromatic rings. The molecule has 340 valence electrons. The van der Waals surface area contributed by atoms with E-state index in [0.29, 0.717) is 65.3 Å². The number of amides is 3. The van der Waals surface area contributed by atoms with Crippen LogP contribution in [0.15, 0.2) is 102 Å². The van der Waals surface area contributed by atoms with Gasteiger partial charge in [0.15, 0.2) is 0 Å². The summed E-state index contributed by atoms with van der Waals surface area (Å²) in [7, 11) is 0. The van der Waals surface area contributed by atoms with Gasteiger partial charge in [-0.15, -0.1) is 0 Å². The zero-order valence-electron chi connectivity index (χ0n) is 37.9. The molecule has 2 heterocycles. The Balaban J connectivity index is 1.16. The maximum absolute atomic E-state index is 14.7. The largest absolute Gasteiger partial charge is 0.478 e. The van der Waals surface area contributed by atoms with Crippen LogP contribution in [0.1, 0.15) is 142 Å². The molecule has 7 aromatic carbocycles. The number of carboxylic acid groups (broad SMARTS) is 1. The monoisotopic (exact) mass is 894 g/mol. The molecule has 67 heavy (non-hydrogen) atoms. The van der Waals surface area contributed by atoms with E-state index >= 15 is 0 Å². The third-order valence-corrected chi connectivity index (χ3v) is 13.6. The van der Waals surface area contributed by atoms with Gasteiger partial charge < -0.3 is 16.2 Å². The first-order valence-corrected chi connectivity index (χ1v) is 23.5. The highest BCUT2D eigenvalue weighted by Crippen LogP contribution is 2.46. The Kier molecular flexibility index (Phi) is 12.9. The number of hydroxylamine groups is 1. The van der Waals surface area contributed by atoms with Gasteiger partial charge in [-0.3, -0.25) is 29.5 Å². The smallest absolute Gasteiger partial charge is 0.336 e. The van der Waals surface area contributed by atoms with Gasteiger partial charge in [0, 0.05) is 45.0 Å². The van der Waals surface area contributed by atoms with Gasteiger partial charge in [-0.2, -0.15) is 5.26 Å². The Morgan fingerprint density at radius 3 is 2.06 bits per heavy atom.